The number of rotatable bonds is 7. The van der Waals surface area contributed by atoms with Crippen LogP contribution in [0.3, 0.4) is 0 Å². The van der Waals surface area contributed by atoms with Gasteiger partial charge in [0.1, 0.15) is 5.69 Å². The van der Waals surface area contributed by atoms with Crippen LogP contribution in [0.2, 0.25) is 0 Å². The molecule has 1 heterocycles. The molecule has 0 atom stereocenters. The minimum Gasteiger partial charge on any atom is -0.368 e. The minimum atomic E-state index is -3.75. The molecular formula is C21H28N4O4S. The van der Waals surface area contributed by atoms with E-state index in [1.807, 2.05) is 11.0 Å². The zero-order valence-corrected chi connectivity index (χ0v) is 18.4. The quantitative estimate of drug-likeness (QED) is 0.493. The Morgan fingerprint density at radius 3 is 2.20 bits per heavy atom. The van der Waals surface area contributed by atoms with E-state index >= 15 is 0 Å². The molecule has 1 aliphatic heterocycles. The van der Waals surface area contributed by atoms with Crippen molar-refractivity contribution < 1.29 is 13.3 Å². The molecule has 0 amide bonds. The Kier molecular flexibility index (Phi) is 6.62. The van der Waals surface area contributed by atoms with Crippen LogP contribution in [-0.4, -0.2) is 56.9 Å². The highest BCUT2D eigenvalue weighted by Gasteiger charge is 2.28. The Labute approximate surface area is 177 Å². The molecule has 0 spiro atoms. The third kappa shape index (κ3) is 4.41. The molecule has 0 saturated carbocycles. The van der Waals surface area contributed by atoms with E-state index in [4.69, 9.17) is 0 Å². The van der Waals surface area contributed by atoms with Gasteiger partial charge in [-0.15, -0.1) is 0 Å². The standard InChI is InChI=1S/C21H28N4O4S/c1-4-24(5-2)30(28,29)19-9-10-20(21(16-19)25(26)27)23-13-11-22(12-14-23)18-8-6-7-17(3)15-18/h6-10,15-16H,4-5,11-14H2,1-3H3. The van der Waals surface area contributed by atoms with Gasteiger partial charge in [0.2, 0.25) is 10.0 Å². The Hall–Kier alpha value is -2.65. The first kappa shape index (κ1) is 22.0. The zero-order chi connectivity index (χ0) is 21.9. The molecule has 8 nitrogen and oxygen atoms in total. The molecule has 0 N–H and O–H groups in total. The summed E-state index contributed by atoms with van der Waals surface area (Å²) in [5.41, 5.74) is 2.62. The fourth-order valence-corrected chi connectivity index (χ4v) is 5.30. The highest BCUT2D eigenvalue weighted by atomic mass is 32.2. The third-order valence-corrected chi connectivity index (χ3v) is 7.52. The monoisotopic (exact) mass is 432 g/mol. The van der Waals surface area contributed by atoms with Gasteiger partial charge in [0.15, 0.2) is 0 Å². The van der Waals surface area contributed by atoms with E-state index in [2.05, 4.69) is 30.0 Å². The van der Waals surface area contributed by atoms with Crippen molar-refractivity contribution in [2.45, 2.75) is 25.7 Å². The zero-order valence-electron chi connectivity index (χ0n) is 17.6. The van der Waals surface area contributed by atoms with Crippen LogP contribution in [0.4, 0.5) is 17.1 Å². The Bertz CT molecular complexity index is 1010. The summed E-state index contributed by atoms with van der Waals surface area (Å²) in [4.78, 5) is 15.4. The highest BCUT2D eigenvalue weighted by Crippen LogP contribution is 2.33. The number of anilines is 2. The molecule has 0 aliphatic carbocycles. The van der Waals surface area contributed by atoms with Gasteiger partial charge < -0.3 is 9.80 Å². The molecule has 1 aliphatic rings. The number of piperazine rings is 1. The molecule has 2 aromatic carbocycles. The highest BCUT2D eigenvalue weighted by molar-refractivity contribution is 7.89. The predicted octanol–water partition coefficient (Wildman–Crippen LogP) is 3.26. The lowest BCUT2D eigenvalue weighted by atomic mass is 10.1. The number of nitrogens with zero attached hydrogens (tertiary/aromatic N) is 4. The molecule has 3 rings (SSSR count). The van der Waals surface area contributed by atoms with Crippen molar-refractivity contribution in [3.63, 3.8) is 0 Å². The normalized spacial score (nSPS) is 14.9. The second kappa shape index (κ2) is 9.01. The van der Waals surface area contributed by atoms with Crippen molar-refractivity contribution in [2.75, 3.05) is 49.1 Å². The molecular weight excluding hydrogens is 404 g/mol. The SMILES string of the molecule is CCN(CC)S(=O)(=O)c1ccc(N2CCN(c3cccc(C)c3)CC2)c([N+](=O)[O-])c1. The van der Waals surface area contributed by atoms with Crippen LogP contribution in [-0.2, 0) is 10.0 Å². The molecule has 0 aromatic heterocycles. The van der Waals surface area contributed by atoms with E-state index in [0.717, 1.165) is 18.8 Å². The van der Waals surface area contributed by atoms with Gasteiger partial charge in [-0.05, 0) is 36.8 Å². The van der Waals surface area contributed by atoms with Gasteiger partial charge >= 0.3 is 0 Å². The average molecular weight is 433 g/mol. The van der Waals surface area contributed by atoms with E-state index in [1.54, 1.807) is 19.9 Å². The first-order valence-electron chi connectivity index (χ1n) is 10.1. The molecule has 0 radical (unpaired) electrons. The van der Waals surface area contributed by atoms with Crippen LogP contribution < -0.4 is 9.80 Å². The number of aryl methyl sites for hydroxylation is 1. The lowest BCUT2D eigenvalue weighted by Crippen LogP contribution is -2.46. The van der Waals surface area contributed by atoms with Crippen LogP contribution in [0.25, 0.3) is 0 Å². The number of nitro groups is 1. The van der Waals surface area contributed by atoms with Crippen molar-refractivity contribution in [2.24, 2.45) is 0 Å². The van der Waals surface area contributed by atoms with Crippen LogP contribution in [0, 0.1) is 17.0 Å². The summed E-state index contributed by atoms with van der Waals surface area (Å²) in [5, 5.41) is 11.7. The largest absolute Gasteiger partial charge is 0.368 e. The smallest absolute Gasteiger partial charge is 0.293 e. The fraction of sp³-hybridized carbons (Fsp3) is 0.429. The van der Waals surface area contributed by atoms with E-state index in [0.29, 0.717) is 31.9 Å². The van der Waals surface area contributed by atoms with Gasteiger partial charge in [0.25, 0.3) is 5.69 Å². The molecule has 0 bridgehead atoms. The Balaban J connectivity index is 1.84. The van der Waals surface area contributed by atoms with E-state index in [-0.39, 0.29) is 10.6 Å². The molecule has 162 valence electrons. The predicted molar refractivity (Wildman–Crippen MR) is 119 cm³/mol. The van der Waals surface area contributed by atoms with E-state index in [1.165, 1.54) is 22.0 Å². The number of benzene rings is 2. The van der Waals surface area contributed by atoms with Gasteiger partial charge in [0, 0.05) is 51.0 Å². The second-order valence-corrected chi connectivity index (χ2v) is 9.25. The van der Waals surface area contributed by atoms with Crippen molar-refractivity contribution in [1.29, 1.82) is 0 Å². The van der Waals surface area contributed by atoms with Gasteiger partial charge in [-0.3, -0.25) is 10.1 Å². The fourth-order valence-electron chi connectivity index (χ4n) is 3.82. The number of sulfonamides is 1. The molecule has 1 saturated heterocycles. The Morgan fingerprint density at radius 1 is 1.00 bits per heavy atom. The lowest BCUT2D eigenvalue weighted by molar-refractivity contribution is -0.384. The number of hydrogen-bond acceptors (Lipinski definition) is 6. The van der Waals surface area contributed by atoms with Gasteiger partial charge in [-0.25, -0.2) is 8.42 Å². The maximum absolute atomic E-state index is 12.8. The average Bonchev–Trinajstić information content (AvgIpc) is 2.74. The summed E-state index contributed by atoms with van der Waals surface area (Å²) in [6, 6.07) is 12.5. The summed E-state index contributed by atoms with van der Waals surface area (Å²) in [6.07, 6.45) is 0. The first-order chi connectivity index (χ1) is 14.3. The van der Waals surface area contributed by atoms with Crippen molar-refractivity contribution in [3.05, 3.63) is 58.1 Å². The van der Waals surface area contributed by atoms with Gasteiger partial charge in [-0.1, -0.05) is 26.0 Å². The Morgan fingerprint density at radius 2 is 1.63 bits per heavy atom. The summed E-state index contributed by atoms with van der Waals surface area (Å²) in [5.74, 6) is 0. The van der Waals surface area contributed by atoms with Crippen LogP contribution in [0.1, 0.15) is 19.4 Å². The topological polar surface area (TPSA) is 87.0 Å². The lowest BCUT2D eigenvalue weighted by Gasteiger charge is -2.37. The summed E-state index contributed by atoms with van der Waals surface area (Å²) in [7, 11) is -3.75. The van der Waals surface area contributed by atoms with Crippen LogP contribution in [0.5, 0.6) is 0 Å². The van der Waals surface area contributed by atoms with Crippen molar-refractivity contribution in [1.82, 2.24) is 4.31 Å². The summed E-state index contributed by atoms with van der Waals surface area (Å²) >= 11 is 0. The minimum absolute atomic E-state index is 0.0416. The number of hydrogen-bond donors (Lipinski definition) is 0. The van der Waals surface area contributed by atoms with Gasteiger partial charge in [0.05, 0.1) is 9.82 Å². The molecule has 0 unspecified atom stereocenters. The number of nitro benzene ring substituents is 1. The summed E-state index contributed by atoms with van der Waals surface area (Å²) < 4.78 is 26.8. The third-order valence-electron chi connectivity index (χ3n) is 5.47. The second-order valence-electron chi connectivity index (χ2n) is 7.31. The van der Waals surface area contributed by atoms with Gasteiger partial charge in [-0.2, -0.15) is 4.31 Å². The molecule has 9 heteroatoms. The maximum Gasteiger partial charge on any atom is 0.293 e. The van der Waals surface area contributed by atoms with Crippen molar-refractivity contribution in [3.8, 4) is 0 Å². The van der Waals surface area contributed by atoms with Crippen molar-refractivity contribution >= 4 is 27.1 Å². The van der Waals surface area contributed by atoms with Crippen LogP contribution >= 0.6 is 0 Å². The maximum atomic E-state index is 12.8. The molecule has 30 heavy (non-hydrogen) atoms. The van der Waals surface area contributed by atoms with Crippen LogP contribution in [0.15, 0.2) is 47.4 Å². The first-order valence-corrected chi connectivity index (χ1v) is 11.6. The van der Waals surface area contributed by atoms with E-state index < -0.39 is 14.9 Å². The van der Waals surface area contributed by atoms with E-state index in [9.17, 15) is 18.5 Å². The molecule has 2 aromatic rings. The molecule has 1 fully saturated rings. The summed E-state index contributed by atoms with van der Waals surface area (Å²) in [6.45, 7) is 8.89.